The van der Waals surface area contributed by atoms with Gasteiger partial charge in [-0.05, 0) is 65.4 Å². The number of ketones is 1. The quantitative estimate of drug-likeness (QED) is 0.784. The molecule has 5 heteroatoms. The van der Waals surface area contributed by atoms with Crippen LogP contribution < -0.4 is 15.1 Å². The molecule has 26 heavy (non-hydrogen) atoms. The van der Waals surface area contributed by atoms with E-state index >= 15 is 0 Å². The second-order valence-electron chi connectivity index (χ2n) is 7.99. The molecule has 2 aliphatic rings. The Morgan fingerprint density at radius 1 is 1.19 bits per heavy atom. The van der Waals surface area contributed by atoms with Crippen molar-refractivity contribution in [2.75, 3.05) is 0 Å². The van der Waals surface area contributed by atoms with Gasteiger partial charge in [-0.25, -0.2) is 4.79 Å². The van der Waals surface area contributed by atoms with Crippen LogP contribution in [0.2, 0.25) is 0 Å². The maximum Gasteiger partial charge on any atom is 0.339 e. The minimum Gasteiger partial charge on any atom is -0.487 e. The summed E-state index contributed by atoms with van der Waals surface area (Å²) in [7, 11) is 0. The van der Waals surface area contributed by atoms with Crippen molar-refractivity contribution in [1.29, 1.82) is 0 Å². The zero-order chi connectivity index (χ0) is 18.6. The third kappa shape index (κ3) is 2.70. The highest BCUT2D eigenvalue weighted by Crippen LogP contribution is 2.44. The van der Waals surface area contributed by atoms with Crippen molar-refractivity contribution in [2.24, 2.45) is 0 Å². The lowest BCUT2D eigenvalue weighted by atomic mass is 9.91. The van der Waals surface area contributed by atoms with Crippen molar-refractivity contribution in [1.82, 2.24) is 0 Å². The monoisotopic (exact) mass is 356 g/mol. The molecule has 1 aliphatic heterocycles. The van der Waals surface area contributed by atoms with E-state index in [1.165, 1.54) is 6.92 Å². The summed E-state index contributed by atoms with van der Waals surface area (Å²) in [6.45, 7) is 7.32. The molecule has 1 aromatic heterocycles. The van der Waals surface area contributed by atoms with Gasteiger partial charge < -0.3 is 13.9 Å². The van der Waals surface area contributed by atoms with Gasteiger partial charge in [0.2, 0.25) is 0 Å². The number of carbonyl (C=O) groups is 1. The van der Waals surface area contributed by atoms with E-state index < -0.39 is 6.10 Å². The summed E-state index contributed by atoms with van der Waals surface area (Å²) in [5.41, 5.74) is 2.70. The molecule has 0 spiro atoms. The van der Waals surface area contributed by atoms with Crippen molar-refractivity contribution in [3.05, 3.63) is 33.2 Å². The van der Waals surface area contributed by atoms with Crippen molar-refractivity contribution in [3.63, 3.8) is 0 Å². The Morgan fingerprint density at radius 3 is 2.65 bits per heavy atom. The molecule has 5 nitrogen and oxygen atoms in total. The number of ether oxygens (including phenoxy) is 2. The van der Waals surface area contributed by atoms with Crippen LogP contribution >= 0.6 is 0 Å². The number of Topliss-reactive ketones (excluding diaryl/α,β-unsaturated/α-hetero) is 1. The molecule has 138 valence electrons. The van der Waals surface area contributed by atoms with Gasteiger partial charge in [-0.1, -0.05) is 0 Å². The highest BCUT2D eigenvalue weighted by molar-refractivity contribution is 5.93. The van der Waals surface area contributed by atoms with Crippen LogP contribution in [-0.4, -0.2) is 17.5 Å². The first-order valence-electron chi connectivity index (χ1n) is 9.27. The summed E-state index contributed by atoms with van der Waals surface area (Å²) >= 11 is 0. The normalized spacial score (nSPS) is 18.8. The molecule has 1 atom stereocenters. The van der Waals surface area contributed by atoms with Gasteiger partial charge in [0.25, 0.3) is 0 Å². The van der Waals surface area contributed by atoms with Crippen molar-refractivity contribution < 1.29 is 18.7 Å². The first-order valence-corrected chi connectivity index (χ1v) is 9.27. The SMILES string of the molecule is CC(=O)[C@H](C)Oc1cc2c(c3oc(=O)c4c(c13)CCC4)CCC(C)(C)O2. The number of fused-ring (bicyclic) bond motifs is 5. The molecule has 4 rings (SSSR count). The van der Waals surface area contributed by atoms with Gasteiger partial charge in [-0.2, -0.15) is 0 Å². The number of benzene rings is 1. The second-order valence-corrected chi connectivity index (χ2v) is 7.99. The number of rotatable bonds is 3. The summed E-state index contributed by atoms with van der Waals surface area (Å²) in [6.07, 6.45) is 3.55. The molecule has 1 aliphatic carbocycles. The summed E-state index contributed by atoms with van der Waals surface area (Å²) in [4.78, 5) is 24.2. The lowest BCUT2D eigenvalue weighted by Gasteiger charge is -2.33. The topological polar surface area (TPSA) is 65.7 Å². The number of carbonyl (C=O) groups excluding carboxylic acids is 1. The van der Waals surface area contributed by atoms with Crippen molar-refractivity contribution in [2.45, 2.75) is 71.5 Å². The fourth-order valence-electron chi connectivity index (χ4n) is 3.92. The van der Waals surface area contributed by atoms with E-state index in [0.717, 1.165) is 54.2 Å². The molecule has 0 saturated carbocycles. The first-order chi connectivity index (χ1) is 12.3. The number of hydrogen-bond acceptors (Lipinski definition) is 5. The Kier molecular flexibility index (Phi) is 3.86. The smallest absolute Gasteiger partial charge is 0.339 e. The van der Waals surface area contributed by atoms with Gasteiger partial charge in [0.05, 0.1) is 5.39 Å². The van der Waals surface area contributed by atoms with Crippen LogP contribution in [0.5, 0.6) is 11.5 Å². The van der Waals surface area contributed by atoms with Crippen LogP contribution in [0.25, 0.3) is 11.0 Å². The molecular weight excluding hydrogens is 332 g/mol. The molecule has 0 unspecified atom stereocenters. The Bertz CT molecular complexity index is 967. The average molecular weight is 356 g/mol. The van der Waals surface area contributed by atoms with Crippen LogP contribution in [0.4, 0.5) is 0 Å². The highest BCUT2D eigenvalue weighted by Gasteiger charge is 2.32. The molecule has 2 heterocycles. The molecule has 0 bridgehead atoms. The van der Waals surface area contributed by atoms with Crippen LogP contribution in [-0.2, 0) is 24.1 Å². The van der Waals surface area contributed by atoms with Gasteiger partial charge in [0.15, 0.2) is 11.9 Å². The predicted molar refractivity (Wildman–Crippen MR) is 98.3 cm³/mol. The zero-order valence-electron chi connectivity index (χ0n) is 15.7. The lowest BCUT2D eigenvalue weighted by molar-refractivity contribution is -0.122. The van der Waals surface area contributed by atoms with Crippen LogP contribution in [0.15, 0.2) is 15.3 Å². The first kappa shape index (κ1) is 17.1. The van der Waals surface area contributed by atoms with Gasteiger partial charge in [0.1, 0.15) is 22.7 Å². The van der Waals surface area contributed by atoms with Gasteiger partial charge >= 0.3 is 5.63 Å². The van der Waals surface area contributed by atoms with Gasteiger partial charge in [-0.15, -0.1) is 0 Å². The molecular formula is C21H24O5. The fraction of sp³-hybridized carbons (Fsp3) is 0.524. The van der Waals surface area contributed by atoms with E-state index in [9.17, 15) is 9.59 Å². The largest absolute Gasteiger partial charge is 0.487 e. The molecule has 2 aromatic rings. The minimum atomic E-state index is -0.572. The summed E-state index contributed by atoms with van der Waals surface area (Å²) in [6, 6.07) is 1.87. The summed E-state index contributed by atoms with van der Waals surface area (Å²) in [5.74, 6) is 1.20. The zero-order valence-corrected chi connectivity index (χ0v) is 15.7. The summed E-state index contributed by atoms with van der Waals surface area (Å²) < 4.78 is 17.9. The van der Waals surface area contributed by atoms with Crippen LogP contribution in [0.1, 0.15) is 57.2 Å². The number of aryl methyl sites for hydroxylation is 2. The highest BCUT2D eigenvalue weighted by atomic mass is 16.5. The third-order valence-electron chi connectivity index (χ3n) is 5.51. The molecule has 0 radical (unpaired) electrons. The van der Waals surface area contributed by atoms with E-state index in [1.807, 2.05) is 19.9 Å². The van der Waals surface area contributed by atoms with Crippen molar-refractivity contribution in [3.8, 4) is 11.5 Å². The van der Waals surface area contributed by atoms with Crippen LogP contribution in [0.3, 0.4) is 0 Å². The van der Waals surface area contributed by atoms with Gasteiger partial charge in [-0.3, -0.25) is 4.79 Å². The minimum absolute atomic E-state index is 0.0499. The predicted octanol–water partition coefficient (Wildman–Crippen LogP) is 3.74. The van der Waals surface area contributed by atoms with Crippen molar-refractivity contribution >= 4 is 16.8 Å². The maximum absolute atomic E-state index is 12.5. The number of hydrogen-bond donors (Lipinski definition) is 0. The average Bonchev–Trinajstić information content (AvgIpc) is 3.03. The molecule has 0 amide bonds. The van der Waals surface area contributed by atoms with E-state index in [4.69, 9.17) is 13.9 Å². The standard InChI is InChI=1S/C21H24O5/c1-11(22)12(2)24-17-10-16-15(8-9-21(3,4)26-16)19-18(17)13-6-5-7-14(13)20(23)25-19/h10,12H,5-9H2,1-4H3/t12-/m0/s1. The van der Waals surface area contributed by atoms with Crippen LogP contribution in [0, 0.1) is 0 Å². The Hall–Kier alpha value is -2.30. The van der Waals surface area contributed by atoms with E-state index in [2.05, 4.69) is 0 Å². The molecule has 0 N–H and O–H groups in total. The Labute approximate surface area is 152 Å². The Morgan fingerprint density at radius 2 is 1.92 bits per heavy atom. The summed E-state index contributed by atoms with van der Waals surface area (Å²) in [5, 5.41) is 0.840. The maximum atomic E-state index is 12.5. The fourth-order valence-corrected chi connectivity index (χ4v) is 3.92. The lowest BCUT2D eigenvalue weighted by Crippen LogP contribution is -2.33. The van der Waals surface area contributed by atoms with E-state index in [0.29, 0.717) is 17.1 Å². The molecule has 0 fully saturated rings. The Balaban J connectivity index is 2.00. The van der Waals surface area contributed by atoms with E-state index in [-0.39, 0.29) is 17.0 Å². The third-order valence-corrected chi connectivity index (χ3v) is 5.51. The molecule has 0 saturated heterocycles. The van der Waals surface area contributed by atoms with E-state index in [1.54, 1.807) is 6.92 Å². The second kappa shape index (κ2) is 5.86. The molecule has 1 aromatic carbocycles. The van der Waals surface area contributed by atoms with Gasteiger partial charge in [0, 0.05) is 17.2 Å².